The third-order valence-electron chi connectivity index (χ3n) is 4.20. The summed E-state index contributed by atoms with van der Waals surface area (Å²) in [5, 5.41) is 9.16. The summed E-state index contributed by atoms with van der Waals surface area (Å²) in [6.45, 7) is 1.37. The number of hydrogen-bond donors (Lipinski definition) is 0. The van der Waals surface area contributed by atoms with Crippen LogP contribution in [0.15, 0.2) is 42.6 Å². The molecule has 0 N–H and O–H groups in total. The Bertz CT molecular complexity index is 744. The first-order valence-electron chi connectivity index (χ1n) is 7.59. The van der Waals surface area contributed by atoms with Crippen LogP contribution < -0.4 is 4.90 Å². The van der Waals surface area contributed by atoms with Crippen molar-refractivity contribution in [2.24, 2.45) is 5.92 Å². The summed E-state index contributed by atoms with van der Waals surface area (Å²) in [5.41, 5.74) is 1.11. The number of piperidine rings is 1. The van der Waals surface area contributed by atoms with E-state index in [-0.39, 0.29) is 17.5 Å². The van der Waals surface area contributed by atoms with E-state index in [2.05, 4.69) is 11.1 Å². The average Bonchev–Trinajstić information content (AvgIpc) is 2.62. The van der Waals surface area contributed by atoms with Crippen molar-refractivity contribution in [3.8, 4) is 6.07 Å². The molecule has 1 fully saturated rings. The molecule has 0 unspecified atom stereocenters. The minimum Gasteiger partial charge on any atom is -0.355 e. The molecule has 0 saturated carbocycles. The number of benzene rings is 1. The van der Waals surface area contributed by atoms with Crippen molar-refractivity contribution in [2.45, 2.75) is 12.8 Å². The fourth-order valence-electron chi connectivity index (χ4n) is 2.94. The number of hydrogen-bond acceptors (Lipinski definition) is 4. The third-order valence-corrected chi connectivity index (χ3v) is 4.20. The minimum atomic E-state index is -0.337. The Balaban J connectivity index is 1.68. The summed E-state index contributed by atoms with van der Waals surface area (Å²) in [7, 11) is 0. The number of aromatic nitrogens is 1. The third kappa shape index (κ3) is 3.21. The van der Waals surface area contributed by atoms with Crippen molar-refractivity contribution in [3.63, 3.8) is 0 Å². The van der Waals surface area contributed by atoms with E-state index in [1.165, 1.54) is 24.3 Å². The van der Waals surface area contributed by atoms with Gasteiger partial charge in [0.15, 0.2) is 5.78 Å². The van der Waals surface area contributed by atoms with Gasteiger partial charge < -0.3 is 4.90 Å². The molecule has 2 aromatic rings. The largest absolute Gasteiger partial charge is 0.355 e. The lowest BCUT2D eigenvalue weighted by atomic mass is 9.89. The predicted molar refractivity (Wildman–Crippen MR) is 84.6 cm³/mol. The number of nitriles is 1. The highest BCUT2D eigenvalue weighted by Gasteiger charge is 2.27. The first kappa shape index (κ1) is 15.2. The van der Waals surface area contributed by atoms with Gasteiger partial charge in [0.2, 0.25) is 0 Å². The molecule has 3 rings (SSSR count). The highest BCUT2D eigenvalue weighted by atomic mass is 19.1. The van der Waals surface area contributed by atoms with Gasteiger partial charge in [-0.25, -0.2) is 9.37 Å². The van der Waals surface area contributed by atoms with Gasteiger partial charge in [0.25, 0.3) is 0 Å². The van der Waals surface area contributed by atoms with E-state index in [0.29, 0.717) is 42.9 Å². The van der Waals surface area contributed by atoms with Crippen molar-refractivity contribution in [3.05, 3.63) is 59.5 Å². The Labute approximate surface area is 134 Å². The zero-order valence-electron chi connectivity index (χ0n) is 12.6. The van der Waals surface area contributed by atoms with Crippen LogP contribution in [-0.2, 0) is 0 Å². The van der Waals surface area contributed by atoms with Crippen LogP contribution in [0.4, 0.5) is 10.2 Å². The first-order chi connectivity index (χ1) is 11.2. The number of halogens is 1. The second-order valence-electron chi connectivity index (χ2n) is 5.62. The van der Waals surface area contributed by atoms with Gasteiger partial charge in [0, 0.05) is 30.8 Å². The topological polar surface area (TPSA) is 57.0 Å². The number of carbonyl (C=O) groups excluding carboxylic acids is 1. The zero-order chi connectivity index (χ0) is 16.2. The van der Waals surface area contributed by atoms with E-state index in [4.69, 9.17) is 5.26 Å². The molecule has 0 atom stereocenters. The SMILES string of the molecule is N#Cc1cccnc1N1CCC(C(=O)c2ccc(F)cc2)CC1. The first-order valence-corrected chi connectivity index (χ1v) is 7.59. The molecule has 0 aliphatic carbocycles. The van der Waals surface area contributed by atoms with Crippen LogP contribution in [-0.4, -0.2) is 23.9 Å². The van der Waals surface area contributed by atoms with Crippen LogP contribution in [0.1, 0.15) is 28.8 Å². The standard InChI is InChI=1S/C18H16FN3O/c19-16-5-3-13(4-6-16)17(23)14-7-10-22(11-8-14)18-15(12-20)2-1-9-21-18/h1-6,9,14H,7-8,10-11H2. The summed E-state index contributed by atoms with van der Waals surface area (Å²) in [5.74, 6) is 0.343. The summed E-state index contributed by atoms with van der Waals surface area (Å²) in [6, 6.07) is 11.3. The van der Waals surface area contributed by atoms with Gasteiger partial charge in [-0.3, -0.25) is 4.79 Å². The lowest BCUT2D eigenvalue weighted by molar-refractivity contribution is 0.0900. The highest BCUT2D eigenvalue weighted by molar-refractivity contribution is 5.98. The monoisotopic (exact) mass is 309 g/mol. The van der Waals surface area contributed by atoms with Crippen LogP contribution >= 0.6 is 0 Å². The Morgan fingerprint density at radius 3 is 2.57 bits per heavy atom. The number of carbonyl (C=O) groups is 1. The van der Waals surface area contributed by atoms with Crippen molar-refractivity contribution >= 4 is 11.6 Å². The van der Waals surface area contributed by atoms with Gasteiger partial charge in [-0.05, 0) is 49.2 Å². The molecule has 5 heteroatoms. The number of anilines is 1. The summed E-state index contributed by atoms with van der Waals surface area (Å²) < 4.78 is 13.0. The fourth-order valence-corrected chi connectivity index (χ4v) is 2.94. The van der Waals surface area contributed by atoms with Crippen molar-refractivity contribution in [1.82, 2.24) is 4.98 Å². The van der Waals surface area contributed by atoms with Gasteiger partial charge in [-0.1, -0.05) is 0 Å². The number of ketones is 1. The number of Topliss-reactive ketones (excluding diaryl/α,β-unsaturated/α-hetero) is 1. The summed E-state index contributed by atoms with van der Waals surface area (Å²) in [6.07, 6.45) is 3.08. The molecule has 0 radical (unpaired) electrons. The van der Waals surface area contributed by atoms with Crippen LogP contribution in [0.3, 0.4) is 0 Å². The smallest absolute Gasteiger partial charge is 0.166 e. The van der Waals surface area contributed by atoms with E-state index < -0.39 is 0 Å². The van der Waals surface area contributed by atoms with Gasteiger partial charge >= 0.3 is 0 Å². The Hall–Kier alpha value is -2.74. The van der Waals surface area contributed by atoms with E-state index in [9.17, 15) is 9.18 Å². The Morgan fingerprint density at radius 1 is 1.22 bits per heavy atom. The molecule has 1 aliphatic heterocycles. The van der Waals surface area contributed by atoms with Crippen LogP contribution in [0, 0.1) is 23.1 Å². The lowest BCUT2D eigenvalue weighted by Gasteiger charge is -2.32. The maximum Gasteiger partial charge on any atom is 0.166 e. The molecule has 1 saturated heterocycles. The van der Waals surface area contributed by atoms with Gasteiger partial charge in [0.05, 0.1) is 5.56 Å². The van der Waals surface area contributed by atoms with E-state index >= 15 is 0 Å². The molecule has 0 bridgehead atoms. The van der Waals surface area contributed by atoms with Crippen LogP contribution in [0.2, 0.25) is 0 Å². The number of rotatable bonds is 3. The maximum absolute atomic E-state index is 13.0. The Kier molecular flexibility index (Phi) is 4.33. The molecule has 0 amide bonds. The predicted octanol–water partition coefficient (Wildman–Crippen LogP) is 3.19. The van der Waals surface area contributed by atoms with Crippen molar-refractivity contribution in [1.29, 1.82) is 5.26 Å². The van der Waals surface area contributed by atoms with E-state index in [1.807, 2.05) is 4.90 Å². The average molecular weight is 309 g/mol. The van der Waals surface area contributed by atoms with Gasteiger partial charge in [-0.2, -0.15) is 5.26 Å². The second kappa shape index (κ2) is 6.57. The lowest BCUT2D eigenvalue weighted by Crippen LogP contribution is -2.37. The normalized spacial score (nSPS) is 15.2. The summed E-state index contributed by atoms with van der Waals surface area (Å²) >= 11 is 0. The molecule has 1 aromatic carbocycles. The Morgan fingerprint density at radius 2 is 1.91 bits per heavy atom. The van der Waals surface area contributed by atoms with Gasteiger partial charge in [0.1, 0.15) is 17.7 Å². The molecule has 0 spiro atoms. The number of pyridine rings is 1. The molecule has 116 valence electrons. The molecule has 2 heterocycles. The molecule has 1 aliphatic rings. The van der Waals surface area contributed by atoms with Crippen molar-refractivity contribution < 1.29 is 9.18 Å². The van der Waals surface area contributed by atoms with E-state index in [1.54, 1.807) is 18.3 Å². The number of nitrogens with zero attached hydrogens (tertiary/aromatic N) is 3. The zero-order valence-corrected chi connectivity index (χ0v) is 12.6. The van der Waals surface area contributed by atoms with E-state index in [0.717, 1.165) is 0 Å². The molecule has 4 nitrogen and oxygen atoms in total. The minimum absolute atomic E-state index is 0.0613. The fraction of sp³-hybridized carbons (Fsp3) is 0.278. The molecular weight excluding hydrogens is 293 g/mol. The molecule has 23 heavy (non-hydrogen) atoms. The van der Waals surface area contributed by atoms with Crippen molar-refractivity contribution in [2.75, 3.05) is 18.0 Å². The second-order valence-corrected chi connectivity index (χ2v) is 5.62. The van der Waals surface area contributed by atoms with Crippen LogP contribution in [0.25, 0.3) is 0 Å². The molecule has 1 aromatic heterocycles. The quantitative estimate of drug-likeness (QED) is 0.817. The highest BCUT2D eigenvalue weighted by Crippen LogP contribution is 2.26. The molecular formula is C18H16FN3O. The maximum atomic E-state index is 13.0. The van der Waals surface area contributed by atoms with Crippen LogP contribution in [0.5, 0.6) is 0 Å². The summed E-state index contributed by atoms with van der Waals surface area (Å²) in [4.78, 5) is 18.8. The van der Waals surface area contributed by atoms with Gasteiger partial charge in [-0.15, -0.1) is 0 Å².